The van der Waals surface area contributed by atoms with Crippen LogP contribution < -0.4 is 16.0 Å². The van der Waals surface area contributed by atoms with Crippen LogP contribution in [0.15, 0.2) is 54.7 Å². The summed E-state index contributed by atoms with van der Waals surface area (Å²) in [6.45, 7) is 0.578. The molecule has 2 aromatic carbocycles. The molecule has 0 aromatic heterocycles. The van der Waals surface area contributed by atoms with E-state index < -0.39 is 0 Å². The van der Waals surface area contributed by atoms with Crippen molar-refractivity contribution in [3.63, 3.8) is 0 Å². The molecular weight excluding hydrogens is 312 g/mol. The van der Waals surface area contributed by atoms with Crippen LogP contribution in [0, 0.1) is 5.41 Å². The minimum atomic E-state index is 0.00177. The predicted molar refractivity (Wildman–Crippen MR) is 103 cm³/mol. The first-order valence-corrected chi connectivity index (χ1v) is 8.35. The Balaban J connectivity index is 1.96. The maximum atomic E-state index is 11.8. The summed E-state index contributed by atoms with van der Waals surface area (Å²) in [6, 6.07) is 15.7. The molecule has 0 unspecified atom stereocenters. The van der Waals surface area contributed by atoms with E-state index >= 15 is 0 Å². The van der Waals surface area contributed by atoms with Gasteiger partial charge in [-0.05, 0) is 11.6 Å². The molecule has 25 heavy (non-hydrogen) atoms. The van der Waals surface area contributed by atoms with Crippen LogP contribution in [0.5, 0.6) is 0 Å². The van der Waals surface area contributed by atoms with Gasteiger partial charge < -0.3 is 21.4 Å². The third kappa shape index (κ3) is 3.88. The first-order valence-electron chi connectivity index (χ1n) is 8.35. The highest BCUT2D eigenvalue weighted by atomic mass is 16.1. The van der Waals surface area contributed by atoms with E-state index in [1.54, 1.807) is 0 Å². The minimum absolute atomic E-state index is 0.00177. The molecule has 0 aliphatic carbocycles. The highest BCUT2D eigenvalue weighted by Crippen LogP contribution is 2.33. The average molecular weight is 334 g/mol. The number of benzene rings is 2. The van der Waals surface area contributed by atoms with Crippen LogP contribution in [0.1, 0.15) is 17.5 Å². The summed E-state index contributed by atoms with van der Waals surface area (Å²) < 4.78 is 0. The highest BCUT2D eigenvalue weighted by Gasteiger charge is 2.19. The Hall–Kier alpha value is -3.08. The zero-order valence-corrected chi connectivity index (χ0v) is 14.2. The number of allylic oxidation sites excluding steroid dienone is 1. The molecular formula is C20H22N4O. The fourth-order valence-electron chi connectivity index (χ4n) is 2.95. The number of anilines is 2. The van der Waals surface area contributed by atoms with Crippen LogP contribution in [0.3, 0.4) is 0 Å². The van der Waals surface area contributed by atoms with Crippen molar-refractivity contribution in [2.75, 3.05) is 24.2 Å². The van der Waals surface area contributed by atoms with Crippen molar-refractivity contribution >= 4 is 28.6 Å². The van der Waals surface area contributed by atoms with Crippen molar-refractivity contribution in [3.05, 3.63) is 65.9 Å². The average Bonchev–Trinajstić information content (AvgIpc) is 2.81. The topological polar surface area (TPSA) is 77.0 Å². The van der Waals surface area contributed by atoms with Gasteiger partial charge >= 0.3 is 0 Å². The number of nitrogens with one attached hydrogen (secondary N) is 4. The van der Waals surface area contributed by atoms with Crippen LogP contribution in [0.2, 0.25) is 0 Å². The van der Waals surface area contributed by atoms with Crippen molar-refractivity contribution in [2.45, 2.75) is 12.8 Å². The van der Waals surface area contributed by atoms with E-state index in [-0.39, 0.29) is 5.91 Å². The van der Waals surface area contributed by atoms with Gasteiger partial charge in [-0.2, -0.15) is 0 Å². The standard InChI is InChI=1S/C20H22N4O/c1-22-13-16(17(21)12-14-6-3-2-4-7-14)15-8-5-9-18-20(15)23-11-10-19(25)24-18/h2-9,13,21-23H,10-12H2,1H3,(H,24,25)/b16-13-,21-17?. The second-order valence-corrected chi connectivity index (χ2v) is 5.94. The third-order valence-electron chi connectivity index (χ3n) is 4.12. The lowest BCUT2D eigenvalue weighted by molar-refractivity contribution is -0.115. The van der Waals surface area contributed by atoms with E-state index in [4.69, 9.17) is 5.41 Å². The van der Waals surface area contributed by atoms with Gasteiger partial charge in [-0.3, -0.25) is 4.79 Å². The molecule has 5 heteroatoms. The number of carbonyl (C=O) groups is 1. The van der Waals surface area contributed by atoms with Crippen molar-refractivity contribution in [2.24, 2.45) is 0 Å². The molecule has 0 atom stereocenters. The summed E-state index contributed by atoms with van der Waals surface area (Å²) in [4.78, 5) is 11.8. The summed E-state index contributed by atoms with van der Waals surface area (Å²) in [5, 5.41) is 17.9. The van der Waals surface area contributed by atoms with Crippen LogP contribution in [-0.4, -0.2) is 25.2 Å². The van der Waals surface area contributed by atoms with Gasteiger partial charge in [0.05, 0.1) is 11.4 Å². The van der Waals surface area contributed by atoms with E-state index in [0.29, 0.717) is 25.1 Å². The number of hydrogen-bond acceptors (Lipinski definition) is 4. The fourth-order valence-corrected chi connectivity index (χ4v) is 2.95. The molecule has 5 nitrogen and oxygen atoms in total. The van der Waals surface area contributed by atoms with E-state index in [0.717, 1.165) is 28.1 Å². The van der Waals surface area contributed by atoms with Gasteiger partial charge in [0, 0.05) is 49.5 Å². The number of rotatable bonds is 5. The second-order valence-electron chi connectivity index (χ2n) is 5.94. The second kappa shape index (κ2) is 7.66. The molecule has 0 saturated carbocycles. The van der Waals surface area contributed by atoms with E-state index in [1.807, 2.05) is 61.8 Å². The lowest BCUT2D eigenvalue weighted by atomic mass is 9.95. The van der Waals surface area contributed by atoms with Crippen LogP contribution in [0.4, 0.5) is 11.4 Å². The van der Waals surface area contributed by atoms with Crippen molar-refractivity contribution < 1.29 is 4.79 Å². The zero-order chi connectivity index (χ0) is 17.6. The summed E-state index contributed by atoms with van der Waals surface area (Å²) >= 11 is 0. The van der Waals surface area contributed by atoms with Crippen LogP contribution >= 0.6 is 0 Å². The number of para-hydroxylation sites is 1. The van der Waals surface area contributed by atoms with Gasteiger partial charge in [-0.15, -0.1) is 0 Å². The monoisotopic (exact) mass is 334 g/mol. The Bertz CT molecular complexity index is 812. The normalized spacial score (nSPS) is 14.0. The van der Waals surface area contributed by atoms with Crippen molar-refractivity contribution in [3.8, 4) is 0 Å². The molecule has 0 fully saturated rings. The smallest absolute Gasteiger partial charge is 0.226 e. The molecule has 1 aliphatic heterocycles. The number of hydrogen-bond donors (Lipinski definition) is 4. The molecule has 4 N–H and O–H groups in total. The maximum absolute atomic E-state index is 11.8. The number of carbonyl (C=O) groups excluding carboxylic acids is 1. The third-order valence-corrected chi connectivity index (χ3v) is 4.12. The molecule has 0 bridgehead atoms. The Morgan fingerprint density at radius 2 is 2.00 bits per heavy atom. The Morgan fingerprint density at radius 3 is 2.76 bits per heavy atom. The van der Waals surface area contributed by atoms with E-state index in [1.165, 1.54) is 0 Å². The van der Waals surface area contributed by atoms with Crippen molar-refractivity contribution in [1.29, 1.82) is 5.41 Å². The molecule has 1 aliphatic rings. The Morgan fingerprint density at radius 1 is 1.20 bits per heavy atom. The van der Waals surface area contributed by atoms with Gasteiger partial charge in [0.15, 0.2) is 0 Å². The summed E-state index contributed by atoms with van der Waals surface area (Å²) in [5.41, 5.74) is 4.97. The van der Waals surface area contributed by atoms with E-state index in [9.17, 15) is 4.79 Å². The lowest BCUT2D eigenvalue weighted by Gasteiger charge is -2.17. The van der Waals surface area contributed by atoms with Crippen LogP contribution in [-0.2, 0) is 11.2 Å². The van der Waals surface area contributed by atoms with Gasteiger partial charge in [-0.25, -0.2) is 0 Å². The molecule has 1 amide bonds. The number of fused-ring (bicyclic) bond motifs is 1. The van der Waals surface area contributed by atoms with Gasteiger partial charge in [-0.1, -0.05) is 42.5 Å². The molecule has 3 rings (SSSR count). The lowest BCUT2D eigenvalue weighted by Crippen LogP contribution is -2.11. The SMILES string of the molecule is CN/C=C(\C(=N)Cc1ccccc1)c1cccc2c1NCCC(=O)N2. The van der Waals surface area contributed by atoms with Crippen LogP contribution in [0.25, 0.3) is 5.57 Å². The Labute approximate surface area is 147 Å². The molecule has 0 spiro atoms. The van der Waals surface area contributed by atoms with Gasteiger partial charge in [0.25, 0.3) is 0 Å². The molecule has 0 radical (unpaired) electrons. The Kier molecular flexibility index (Phi) is 5.14. The predicted octanol–water partition coefficient (Wildman–Crippen LogP) is 3.26. The van der Waals surface area contributed by atoms with Crippen molar-refractivity contribution in [1.82, 2.24) is 5.32 Å². The quantitative estimate of drug-likeness (QED) is 0.634. The fraction of sp³-hybridized carbons (Fsp3) is 0.200. The summed E-state index contributed by atoms with van der Waals surface area (Å²) in [6.07, 6.45) is 2.82. The minimum Gasteiger partial charge on any atom is -0.393 e. The van der Waals surface area contributed by atoms with E-state index in [2.05, 4.69) is 16.0 Å². The zero-order valence-electron chi connectivity index (χ0n) is 14.2. The van der Waals surface area contributed by atoms with Gasteiger partial charge in [0.1, 0.15) is 0 Å². The molecule has 1 heterocycles. The first-order chi connectivity index (χ1) is 12.2. The highest BCUT2D eigenvalue weighted by molar-refractivity contribution is 6.24. The number of amides is 1. The molecule has 2 aromatic rings. The summed E-state index contributed by atoms with van der Waals surface area (Å²) in [7, 11) is 1.83. The first kappa shape index (κ1) is 16.8. The molecule has 128 valence electrons. The maximum Gasteiger partial charge on any atom is 0.226 e. The molecule has 0 saturated heterocycles. The van der Waals surface area contributed by atoms with Gasteiger partial charge in [0.2, 0.25) is 5.91 Å². The summed E-state index contributed by atoms with van der Waals surface area (Å²) in [5.74, 6) is 0.00177. The largest absolute Gasteiger partial charge is 0.393 e.